The molecule has 6 nitrogen and oxygen atoms in total. The van der Waals surface area contributed by atoms with Crippen LogP contribution in [-0.4, -0.2) is 29.5 Å². The Morgan fingerprint density at radius 3 is 1.92 bits per heavy atom. The van der Waals surface area contributed by atoms with E-state index < -0.39 is 6.10 Å². The molecule has 0 spiro atoms. The van der Waals surface area contributed by atoms with Crippen LogP contribution in [0.25, 0.3) is 12.2 Å². The summed E-state index contributed by atoms with van der Waals surface area (Å²) < 4.78 is 17.1. The maximum atomic E-state index is 10.2. The Balaban J connectivity index is 1.55. The molecule has 0 saturated heterocycles. The van der Waals surface area contributed by atoms with E-state index in [4.69, 9.17) is 14.2 Å². The van der Waals surface area contributed by atoms with Gasteiger partial charge >= 0.3 is 0 Å². The zero-order valence-electron chi connectivity index (χ0n) is 19.9. The fourth-order valence-corrected chi connectivity index (χ4v) is 4.58. The van der Waals surface area contributed by atoms with Crippen LogP contribution >= 0.6 is 0 Å². The minimum atomic E-state index is -0.399. The van der Waals surface area contributed by atoms with Gasteiger partial charge in [-0.15, -0.1) is 0 Å². The van der Waals surface area contributed by atoms with Crippen LogP contribution < -0.4 is 14.2 Å². The van der Waals surface area contributed by atoms with Gasteiger partial charge < -0.3 is 29.5 Å². The smallest absolute Gasteiger partial charge is 0.135 e. The lowest BCUT2D eigenvalue weighted by Crippen LogP contribution is -2.11. The predicted octanol–water partition coefficient (Wildman–Crippen LogP) is 6.26. The van der Waals surface area contributed by atoms with E-state index in [0.29, 0.717) is 11.5 Å². The average Bonchev–Trinajstić information content (AvgIpc) is 3.26. The summed E-state index contributed by atoms with van der Waals surface area (Å²) in [6.07, 6.45) is 3.58. The molecule has 36 heavy (non-hydrogen) atoms. The second kappa shape index (κ2) is 9.58. The molecule has 182 valence electrons. The molecule has 0 aliphatic carbocycles. The first-order valence-corrected chi connectivity index (χ1v) is 11.5. The van der Waals surface area contributed by atoms with Crippen molar-refractivity contribution in [3.05, 3.63) is 107 Å². The Kier molecular flexibility index (Phi) is 6.17. The Bertz CT molecular complexity index is 1380. The topological polar surface area (TPSA) is 88.4 Å². The molecule has 1 aliphatic rings. The van der Waals surface area contributed by atoms with Gasteiger partial charge in [0.25, 0.3) is 0 Å². The van der Waals surface area contributed by atoms with E-state index >= 15 is 0 Å². The van der Waals surface area contributed by atoms with Gasteiger partial charge in [-0.25, -0.2) is 0 Å². The molecule has 4 aromatic carbocycles. The molecule has 0 fully saturated rings. The molecule has 0 aromatic heterocycles. The van der Waals surface area contributed by atoms with Gasteiger partial charge in [-0.3, -0.25) is 0 Å². The van der Waals surface area contributed by atoms with Crippen molar-refractivity contribution in [2.75, 3.05) is 14.2 Å². The van der Waals surface area contributed by atoms with E-state index in [1.165, 1.54) is 6.07 Å². The molecule has 5 rings (SSSR count). The van der Waals surface area contributed by atoms with Crippen LogP contribution in [0.5, 0.6) is 34.5 Å². The first-order chi connectivity index (χ1) is 17.4. The number of hydrogen-bond acceptors (Lipinski definition) is 6. The van der Waals surface area contributed by atoms with Crippen LogP contribution in [0.2, 0.25) is 0 Å². The van der Waals surface area contributed by atoms with Crippen molar-refractivity contribution in [3.63, 3.8) is 0 Å². The van der Waals surface area contributed by atoms with Crippen LogP contribution in [0.4, 0.5) is 0 Å². The standard InChI is InChI=1S/C30H26O6/c1-34-25-11-19(12-26(17-25)35-2)4-3-18-5-10-28-27(13-18)29(21-14-23(32)16-24(33)15-21)30(36-28)20-6-8-22(31)9-7-20/h3-17,29-33H,1-2H3/b4-3+/t29-,30+/m0/s1. The van der Waals surface area contributed by atoms with Crippen LogP contribution in [0.3, 0.4) is 0 Å². The normalized spacial score (nSPS) is 16.5. The highest BCUT2D eigenvalue weighted by Gasteiger charge is 2.37. The van der Waals surface area contributed by atoms with Gasteiger partial charge in [0.2, 0.25) is 0 Å². The van der Waals surface area contributed by atoms with Crippen molar-refractivity contribution in [1.29, 1.82) is 0 Å². The summed E-state index contributed by atoms with van der Waals surface area (Å²) in [5, 5.41) is 30.1. The molecule has 0 saturated carbocycles. The molecule has 1 heterocycles. The number of methoxy groups -OCH3 is 2. The summed E-state index contributed by atoms with van der Waals surface area (Å²) in [5.74, 6) is 1.97. The van der Waals surface area contributed by atoms with Gasteiger partial charge in [0.1, 0.15) is 40.6 Å². The van der Waals surface area contributed by atoms with Crippen LogP contribution in [-0.2, 0) is 0 Å². The minimum Gasteiger partial charge on any atom is -0.508 e. The zero-order valence-corrected chi connectivity index (χ0v) is 19.9. The van der Waals surface area contributed by atoms with Gasteiger partial charge in [-0.05, 0) is 70.8 Å². The monoisotopic (exact) mass is 482 g/mol. The van der Waals surface area contributed by atoms with Crippen molar-refractivity contribution < 1.29 is 29.5 Å². The van der Waals surface area contributed by atoms with E-state index in [1.807, 2.05) is 54.6 Å². The lowest BCUT2D eigenvalue weighted by atomic mass is 9.84. The summed E-state index contributed by atoms with van der Waals surface area (Å²) in [5.41, 5.74) is 4.42. The summed E-state index contributed by atoms with van der Waals surface area (Å²) in [4.78, 5) is 0. The molecular weight excluding hydrogens is 456 g/mol. The molecule has 3 N–H and O–H groups in total. The molecular formula is C30H26O6. The Hall–Kier alpha value is -4.58. The van der Waals surface area contributed by atoms with Gasteiger partial charge in [-0.2, -0.15) is 0 Å². The number of benzene rings is 4. The van der Waals surface area contributed by atoms with E-state index in [1.54, 1.807) is 38.5 Å². The van der Waals surface area contributed by atoms with Crippen LogP contribution in [0.1, 0.15) is 39.8 Å². The zero-order chi connectivity index (χ0) is 25.2. The Labute approximate surface area is 209 Å². The van der Waals surface area contributed by atoms with Gasteiger partial charge in [0.15, 0.2) is 0 Å². The number of rotatable bonds is 6. The molecule has 0 bridgehead atoms. The minimum absolute atomic E-state index is 0.0223. The highest BCUT2D eigenvalue weighted by atomic mass is 16.5. The highest BCUT2D eigenvalue weighted by molar-refractivity contribution is 5.72. The third-order valence-corrected chi connectivity index (χ3v) is 6.27. The highest BCUT2D eigenvalue weighted by Crippen LogP contribution is 2.51. The van der Waals surface area contributed by atoms with E-state index in [-0.39, 0.29) is 23.2 Å². The lowest BCUT2D eigenvalue weighted by Gasteiger charge is -2.20. The lowest BCUT2D eigenvalue weighted by molar-refractivity contribution is 0.222. The summed E-state index contributed by atoms with van der Waals surface area (Å²) >= 11 is 0. The van der Waals surface area contributed by atoms with Crippen LogP contribution in [0, 0.1) is 0 Å². The third-order valence-electron chi connectivity index (χ3n) is 6.27. The van der Waals surface area contributed by atoms with Crippen molar-refractivity contribution in [2.45, 2.75) is 12.0 Å². The maximum Gasteiger partial charge on any atom is 0.135 e. The van der Waals surface area contributed by atoms with Crippen molar-refractivity contribution in [3.8, 4) is 34.5 Å². The van der Waals surface area contributed by atoms with Gasteiger partial charge in [0.05, 0.1) is 20.1 Å². The molecule has 1 aliphatic heterocycles. The molecule has 4 aromatic rings. The van der Waals surface area contributed by atoms with Crippen molar-refractivity contribution in [1.82, 2.24) is 0 Å². The first-order valence-electron chi connectivity index (χ1n) is 11.5. The predicted molar refractivity (Wildman–Crippen MR) is 138 cm³/mol. The van der Waals surface area contributed by atoms with Crippen LogP contribution in [0.15, 0.2) is 78.9 Å². The Morgan fingerprint density at radius 1 is 0.639 bits per heavy atom. The van der Waals surface area contributed by atoms with Crippen molar-refractivity contribution in [2.24, 2.45) is 0 Å². The molecule has 0 radical (unpaired) electrons. The fraction of sp³-hybridized carbons (Fsp3) is 0.133. The second-order valence-electron chi connectivity index (χ2n) is 8.67. The van der Waals surface area contributed by atoms with Gasteiger partial charge in [0, 0.05) is 17.7 Å². The summed E-state index contributed by atoms with van der Waals surface area (Å²) in [7, 11) is 3.24. The number of fused-ring (bicyclic) bond motifs is 1. The van der Waals surface area contributed by atoms with Crippen molar-refractivity contribution >= 4 is 12.2 Å². The molecule has 6 heteroatoms. The molecule has 0 unspecified atom stereocenters. The van der Waals surface area contributed by atoms with E-state index in [9.17, 15) is 15.3 Å². The summed E-state index contributed by atoms with van der Waals surface area (Å²) in [6, 6.07) is 23.1. The number of hydrogen-bond donors (Lipinski definition) is 3. The second-order valence-corrected chi connectivity index (χ2v) is 8.67. The number of phenols is 3. The molecule has 0 amide bonds. The molecule has 2 atom stereocenters. The number of aromatic hydroxyl groups is 3. The fourth-order valence-electron chi connectivity index (χ4n) is 4.58. The number of ether oxygens (including phenoxy) is 3. The largest absolute Gasteiger partial charge is 0.508 e. The quantitative estimate of drug-likeness (QED) is 0.281. The Morgan fingerprint density at radius 2 is 1.28 bits per heavy atom. The third kappa shape index (κ3) is 4.66. The number of phenolic OH excluding ortho intramolecular Hbond substituents is 3. The summed E-state index contributed by atoms with van der Waals surface area (Å²) in [6.45, 7) is 0. The first kappa shape index (κ1) is 23.2. The van der Waals surface area contributed by atoms with Gasteiger partial charge in [-0.1, -0.05) is 30.4 Å². The van der Waals surface area contributed by atoms with E-state index in [0.717, 1.165) is 33.6 Å². The maximum absolute atomic E-state index is 10.2. The van der Waals surface area contributed by atoms with E-state index in [2.05, 4.69) is 6.07 Å². The average molecular weight is 483 g/mol. The SMILES string of the molecule is COc1cc(/C=C/c2ccc3c(c2)[C@H](c2cc(O)cc(O)c2)[C@@H](c2ccc(O)cc2)O3)cc(OC)c1.